The highest BCUT2D eigenvalue weighted by Gasteiger charge is 2.13. The van der Waals surface area contributed by atoms with Crippen molar-refractivity contribution in [3.05, 3.63) is 29.8 Å². The summed E-state index contributed by atoms with van der Waals surface area (Å²) < 4.78 is 5.54. The van der Waals surface area contributed by atoms with Crippen molar-refractivity contribution in [1.82, 2.24) is 5.32 Å². The number of hydrogen-bond donors (Lipinski definition) is 2. The third-order valence-electron chi connectivity index (χ3n) is 2.65. The van der Waals surface area contributed by atoms with Crippen molar-refractivity contribution in [3.63, 3.8) is 0 Å². The Balaban J connectivity index is 2.23. The molecule has 2 N–H and O–H groups in total. The third kappa shape index (κ3) is 5.42. The molecule has 0 spiro atoms. The summed E-state index contributed by atoms with van der Waals surface area (Å²) in [6.07, 6.45) is 0.802. The van der Waals surface area contributed by atoms with Crippen molar-refractivity contribution >= 4 is 11.9 Å². The molecule has 0 bridgehead atoms. The number of rotatable bonds is 7. The van der Waals surface area contributed by atoms with E-state index in [0.717, 1.165) is 11.3 Å². The largest absolute Gasteiger partial charge is 0.493 e. The minimum absolute atomic E-state index is 0.253. The fraction of sp³-hybridized carbons (Fsp3) is 0.429. The van der Waals surface area contributed by atoms with Gasteiger partial charge in [-0.2, -0.15) is 0 Å². The van der Waals surface area contributed by atoms with E-state index in [-0.39, 0.29) is 12.3 Å². The summed E-state index contributed by atoms with van der Waals surface area (Å²) >= 11 is 0. The van der Waals surface area contributed by atoms with Gasteiger partial charge in [-0.25, -0.2) is 0 Å². The summed E-state index contributed by atoms with van der Waals surface area (Å²) in [7, 11) is 0. The second kappa shape index (κ2) is 7.41. The molecule has 19 heavy (non-hydrogen) atoms. The van der Waals surface area contributed by atoms with Gasteiger partial charge < -0.3 is 15.2 Å². The zero-order chi connectivity index (χ0) is 14.3. The summed E-state index contributed by atoms with van der Waals surface area (Å²) in [5.74, 6) is -0.505. The monoisotopic (exact) mass is 265 g/mol. The molecule has 0 saturated carbocycles. The molecule has 0 unspecified atom stereocenters. The van der Waals surface area contributed by atoms with E-state index >= 15 is 0 Å². The molecule has 1 aromatic carbocycles. The summed E-state index contributed by atoms with van der Waals surface area (Å²) in [5, 5.41) is 11.0. The van der Waals surface area contributed by atoms with Crippen LogP contribution >= 0.6 is 0 Å². The smallest absolute Gasteiger partial charge is 0.325 e. The van der Waals surface area contributed by atoms with Crippen LogP contribution in [-0.4, -0.2) is 29.6 Å². The van der Waals surface area contributed by atoms with Gasteiger partial charge in [0.2, 0.25) is 5.91 Å². The van der Waals surface area contributed by atoms with Crippen molar-refractivity contribution in [1.29, 1.82) is 0 Å². The number of carbonyl (C=O) groups excluding carboxylic acids is 1. The topological polar surface area (TPSA) is 75.6 Å². The molecule has 0 aromatic heterocycles. The van der Waals surface area contributed by atoms with Crippen molar-refractivity contribution in [2.75, 3.05) is 6.61 Å². The van der Waals surface area contributed by atoms with Crippen molar-refractivity contribution in [2.24, 2.45) is 0 Å². The number of amides is 1. The molecule has 1 amide bonds. The van der Waals surface area contributed by atoms with E-state index in [2.05, 4.69) is 5.32 Å². The maximum Gasteiger partial charge on any atom is 0.325 e. The van der Waals surface area contributed by atoms with Gasteiger partial charge in [0.1, 0.15) is 11.8 Å². The van der Waals surface area contributed by atoms with Crippen LogP contribution in [-0.2, 0) is 9.59 Å². The Morgan fingerprint density at radius 2 is 2.05 bits per heavy atom. The number of nitrogens with one attached hydrogen (secondary N) is 1. The van der Waals surface area contributed by atoms with Gasteiger partial charge in [-0.3, -0.25) is 9.59 Å². The minimum atomic E-state index is -1.04. The molecule has 0 aliphatic heterocycles. The molecular formula is C14H19NO4. The molecule has 0 saturated heterocycles. The van der Waals surface area contributed by atoms with E-state index in [9.17, 15) is 9.59 Å². The van der Waals surface area contributed by atoms with Gasteiger partial charge in [-0.1, -0.05) is 18.2 Å². The summed E-state index contributed by atoms with van der Waals surface area (Å²) in [6, 6.07) is 6.80. The first-order valence-corrected chi connectivity index (χ1v) is 6.21. The summed E-state index contributed by atoms with van der Waals surface area (Å²) in [4.78, 5) is 22.0. The Bertz CT molecular complexity index is 445. The predicted octanol–water partition coefficient (Wildman–Crippen LogP) is 1.74. The molecule has 1 rings (SSSR count). The number of carboxylic acid groups (broad SMARTS) is 1. The summed E-state index contributed by atoms with van der Waals surface area (Å²) in [6.45, 7) is 3.82. The lowest BCUT2D eigenvalue weighted by atomic mass is 10.2. The second-order valence-electron chi connectivity index (χ2n) is 4.34. The first-order valence-electron chi connectivity index (χ1n) is 6.21. The standard InChI is InChI=1S/C14H19NO4/c1-10-6-3-4-7-12(10)19-9-5-8-13(16)15-11(2)14(17)18/h3-4,6-7,11H,5,8-9H2,1-2H3,(H,15,16)(H,17,18)/t11-/m0/s1. The van der Waals surface area contributed by atoms with Crippen molar-refractivity contribution in [3.8, 4) is 5.75 Å². The maximum absolute atomic E-state index is 11.4. The highest BCUT2D eigenvalue weighted by Crippen LogP contribution is 2.16. The second-order valence-corrected chi connectivity index (χ2v) is 4.34. The number of aryl methyl sites for hydroxylation is 1. The number of carboxylic acids is 1. The molecule has 1 aromatic rings. The number of ether oxygens (including phenoxy) is 1. The van der Waals surface area contributed by atoms with Crippen LogP contribution in [0.25, 0.3) is 0 Å². The lowest BCUT2D eigenvalue weighted by Crippen LogP contribution is -2.38. The van der Waals surface area contributed by atoms with Crippen molar-refractivity contribution in [2.45, 2.75) is 32.7 Å². The normalized spacial score (nSPS) is 11.7. The molecule has 5 heteroatoms. The molecule has 5 nitrogen and oxygen atoms in total. The first kappa shape index (κ1) is 15.0. The zero-order valence-electron chi connectivity index (χ0n) is 11.2. The first-order chi connectivity index (χ1) is 9.00. The lowest BCUT2D eigenvalue weighted by Gasteiger charge is -2.10. The van der Waals surface area contributed by atoms with Crippen LogP contribution in [0.2, 0.25) is 0 Å². The van der Waals surface area contributed by atoms with Gasteiger partial charge in [-0.05, 0) is 31.9 Å². The number of para-hydroxylation sites is 1. The van der Waals surface area contributed by atoms with Crippen LogP contribution in [0.15, 0.2) is 24.3 Å². The van der Waals surface area contributed by atoms with E-state index in [1.165, 1.54) is 6.92 Å². The highest BCUT2D eigenvalue weighted by molar-refractivity contribution is 5.83. The number of carbonyl (C=O) groups is 2. The Labute approximate surface area is 112 Å². The van der Waals surface area contributed by atoms with Gasteiger partial charge in [-0.15, -0.1) is 0 Å². The van der Waals surface area contributed by atoms with Crippen LogP contribution in [0.4, 0.5) is 0 Å². The molecule has 0 heterocycles. The molecule has 0 aliphatic rings. The fourth-order valence-electron chi connectivity index (χ4n) is 1.51. The Morgan fingerprint density at radius 3 is 2.68 bits per heavy atom. The fourth-order valence-corrected chi connectivity index (χ4v) is 1.51. The Hall–Kier alpha value is -2.04. The van der Waals surface area contributed by atoms with E-state index < -0.39 is 12.0 Å². The number of aliphatic carboxylic acids is 1. The number of benzene rings is 1. The molecular weight excluding hydrogens is 246 g/mol. The SMILES string of the molecule is Cc1ccccc1OCCCC(=O)N[C@@H](C)C(=O)O. The quantitative estimate of drug-likeness (QED) is 0.736. The number of hydrogen-bond acceptors (Lipinski definition) is 3. The van der Waals surface area contributed by atoms with Gasteiger partial charge in [0, 0.05) is 6.42 Å². The van der Waals surface area contributed by atoms with Gasteiger partial charge in [0.15, 0.2) is 0 Å². The maximum atomic E-state index is 11.4. The summed E-state index contributed by atoms with van der Waals surface area (Å²) in [5.41, 5.74) is 1.05. The van der Waals surface area contributed by atoms with Crippen LogP contribution in [0, 0.1) is 6.92 Å². The Morgan fingerprint density at radius 1 is 1.37 bits per heavy atom. The predicted molar refractivity (Wildman–Crippen MR) is 71.1 cm³/mol. The Kier molecular flexibility index (Phi) is 5.85. The molecule has 0 fully saturated rings. The van der Waals surface area contributed by atoms with Gasteiger partial charge >= 0.3 is 5.97 Å². The van der Waals surface area contributed by atoms with Crippen molar-refractivity contribution < 1.29 is 19.4 Å². The van der Waals surface area contributed by atoms with Crippen LogP contribution < -0.4 is 10.1 Å². The highest BCUT2D eigenvalue weighted by atomic mass is 16.5. The lowest BCUT2D eigenvalue weighted by molar-refractivity contribution is -0.141. The molecule has 104 valence electrons. The average Bonchev–Trinajstić information content (AvgIpc) is 2.36. The minimum Gasteiger partial charge on any atom is -0.493 e. The molecule has 0 aliphatic carbocycles. The van der Waals surface area contributed by atoms with Gasteiger partial charge in [0.25, 0.3) is 0 Å². The van der Waals surface area contributed by atoms with E-state index in [4.69, 9.17) is 9.84 Å². The van der Waals surface area contributed by atoms with Gasteiger partial charge in [0.05, 0.1) is 6.61 Å². The van der Waals surface area contributed by atoms with E-state index in [1.807, 2.05) is 31.2 Å². The van der Waals surface area contributed by atoms with Crippen LogP contribution in [0.1, 0.15) is 25.3 Å². The third-order valence-corrected chi connectivity index (χ3v) is 2.65. The molecule has 1 atom stereocenters. The van der Waals surface area contributed by atoms with Crippen LogP contribution in [0.3, 0.4) is 0 Å². The van der Waals surface area contributed by atoms with Crippen LogP contribution in [0.5, 0.6) is 5.75 Å². The zero-order valence-corrected chi connectivity index (χ0v) is 11.2. The average molecular weight is 265 g/mol. The molecule has 0 radical (unpaired) electrons. The van der Waals surface area contributed by atoms with E-state index in [0.29, 0.717) is 13.0 Å². The van der Waals surface area contributed by atoms with E-state index in [1.54, 1.807) is 0 Å².